The fraction of sp³-hybridized carbons (Fsp3) is 0.750. The van der Waals surface area contributed by atoms with Crippen LogP contribution in [0, 0.1) is 0 Å². The van der Waals surface area contributed by atoms with Crippen LogP contribution < -0.4 is 10.6 Å². The van der Waals surface area contributed by atoms with E-state index in [1.165, 1.54) is 50.9 Å². The normalized spacial score (nSPS) is 19.3. The van der Waals surface area contributed by atoms with Crippen molar-refractivity contribution < 1.29 is 0 Å². The molecule has 0 aromatic carbocycles. The van der Waals surface area contributed by atoms with E-state index in [0.29, 0.717) is 0 Å². The summed E-state index contributed by atoms with van der Waals surface area (Å²) in [4.78, 5) is 11.1. The summed E-state index contributed by atoms with van der Waals surface area (Å²) >= 11 is 1.90. The molecule has 1 saturated heterocycles. The van der Waals surface area contributed by atoms with Crippen molar-refractivity contribution >= 4 is 41.3 Å². The maximum absolute atomic E-state index is 4.41. The molecule has 2 aliphatic rings. The Morgan fingerprint density at radius 2 is 1.96 bits per heavy atom. The lowest BCUT2D eigenvalue weighted by molar-refractivity contribution is 0.0982. The molecule has 3 rings (SSSR count). The third-order valence-electron chi connectivity index (χ3n) is 5.73. The van der Waals surface area contributed by atoms with Gasteiger partial charge in [0.15, 0.2) is 5.96 Å². The van der Waals surface area contributed by atoms with Gasteiger partial charge in [0.25, 0.3) is 0 Å². The van der Waals surface area contributed by atoms with Gasteiger partial charge in [-0.25, -0.2) is 0 Å². The molecule has 1 aromatic heterocycles. The molecule has 0 atom stereocenters. The van der Waals surface area contributed by atoms with Crippen LogP contribution in [0.2, 0.25) is 0 Å². The molecule has 0 saturated carbocycles. The highest BCUT2D eigenvalue weighted by molar-refractivity contribution is 14.0. The molecule has 154 valence electrons. The third-order valence-corrected chi connectivity index (χ3v) is 6.75. The molecule has 0 spiro atoms. The minimum absolute atomic E-state index is 0. The monoisotopic (exact) mass is 505 g/mol. The largest absolute Gasteiger partial charge is 0.355 e. The van der Waals surface area contributed by atoms with Crippen LogP contribution in [0.5, 0.6) is 0 Å². The summed E-state index contributed by atoms with van der Waals surface area (Å²) in [7, 11) is 1.86. The smallest absolute Gasteiger partial charge is 0.191 e. The predicted octanol–water partition coefficient (Wildman–Crippen LogP) is 3.15. The second-order valence-electron chi connectivity index (χ2n) is 8.11. The minimum Gasteiger partial charge on any atom is -0.355 e. The summed E-state index contributed by atoms with van der Waals surface area (Å²) < 4.78 is 0. The van der Waals surface area contributed by atoms with Crippen LogP contribution in [-0.4, -0.2) is 67.6 Å². The van der Waals surface area contributed by atoms with Crippen molar-refractivity contribution in [1.82, 2.24) is 20.4 Å². The summed E-state index contributed by atoms with van der Waals surface area (Å²) in [5.41, 5.74) is 1.69. The van der Waals surface area contributed by atoms with Gasteiger partial charge in [0.05, 0.1) is 0 Å². The Balaban J connectivity index is 0.00000261. The SMILES string of the molecule is CN=C(NCCN1CCc2sccc2C1)NCC(C)(C)N1CCCCC1.I. The highest BCUT2D eigenvalue weighted by Crippen LogP contribution is 2.23. The first-order valence-electron chi connectivity index (χ1n) is 10.1. The Morgan fingerprint density at radius 1 is 1.19 bits per heavy atom. The van der Waals surface area contributed by atoms with Gasteiger partial charge in [0, 0.05) is 50.2 Å². The van der Waals surface area contributed by atoms with Gasteiger partial charge < -0.3 is 10.6 Å². The van der Waals surface area contributed by atoms with E-state index in [1.54, 1.807) is 4.88 Å². The number of rotatable bonds is 6. The van der Waals surface area contributed by atoms with Gasteiger partial charge in [-0.15, -0.1) is 35.3 Å². The number of likely N-dealkylation sites (tertiary alicyclic amines) is 1. The molecule has 0 aliphatic carbocycles. The highest BCUT2D eigenvalue weighted by atomic mass is 127. The summed E-state index contributed by atoms with van der Waals surface area (Å²) in [6.07, 6.45) is 5.24. The van der Waals surface area contributed by atoms with Gasteiger partial charge in [-0.05, 0) is 63.2 Å². The molecule has 1 aromatic rings. The number of fused-ring (bicyclic) bond motifs is 1. The van der Waals surface area contributed by atoms with E-state index in [4.69, 9.17) is 0 Å². The molecule has 2 N–H and O–H groups in total. The molecule has 2 aliphatic heterocycles. The second-order valence-corrected chi connectivity index (χ2v) is 9.11. The van der Waals surface area contributed by atoms with E-state index in [9.17, 15) is 0 Å². The van der Waals surface area contributed by atoms with Crippen molar-refractivity contribution in [3.63, 3.8) is 0 Å². The zero-order valence-corrected chi connectivity index (χ0v) is 20.2. The van der Waals surface area contributed by atoms with Crippen molar-refractivity contribution in [2.45, 2.75) is 51.6 Å². The van der Waals surface area contributed by atoms with E-state index >= 15 is 0 Å². The molecular weight excluding hydrogens is 469 g/mol. The molecule has 5 nitrogen and oxygen atoms in total. The first kappa shape index (κ1) is 22.9. The number of hydrogen-bond acceptors (Lipinski definition) is 4. The standard InChI is InChI=1S/C20H35N5S.HI/c1-20(2,25-10-5-4-6-11-25)16-23-19(21-3)22-9-13-24-12-7-18-17(15-24)8-14-26-18;/h8,14H,4-7,9-13,15-16H2,1-3H3,(H2,21,22,23);1H. The lowest BCUT2D eigenvalue weighted by atomic mass is 9.98. The predicted molar refractivity (Wildman–Crippen MR) is 128 cm³/mol. The van der Waals surface area contributed by atoms with Crippen molar-refractivity contribution in [1.29, 1.82) is 0 Å². The quantitative estimate of drug-likeness (QED) is 0.354. The number of aliphatic imine (C=N–C) groups is 1. The van der Waals surface area contributed by atoms with E-state index in [2.05, 4.69) is 50.7 Å². The van der Waals surface area contributed by atoms with Crippen molar-refractivity contribution in [3.05, 3.63) is 21.9 Å². The molecule has 0 unspecified atom stereocenters. The van der Waals surface area contributed by atoms with E-state index in [-0.39, 0.29) is 29.5 Å². The lowest BCUT2D eigenvalue weighted by Gasteiger charge is -2.41. The summed E-state index contributed by atoms with van der Waals surface area (Å²) in [5, 5.41) is 9.25. The second kappa shape index (κ2) is 11.0. The zero-order chi connectivity index (χ0) is 18.4. The van der Waals surface area contributed by atoms with Crippen LogP contribution in [0.1, 0.15) is 43.6 Å². The minimum atomic E-state index is 0. The Labute approximate surface area is 186 Å². The first-order valence-corrected chi connectivity index (χ1v) is 10.9. The molecule has 0 amide bonds. The fourth-order valence-electron chi connectivity index (χ4n) is 3.96. The van der Waals surface area contributed by atoms with Gasteiger partial charge in [-0.1, -0.05) is 6.42 Å². The Morgan fingerprint density at radius 3 is 2.70 bits per heavy atom. The van der Waals surface area contributed by atoms with Crippen LogP contribution >= 0.6 is 35.3 Å². The number of nitrogens with zero attached hydrogens (tertiary/aromatic N) is 3. The number of thiophene rings is 1. The molecule has 7 heteroatoms. The Hall–Kier alpha value is -0.380. The summed E-state index contributed by atoms with van der Waals surface area (Å²) in [5.74, 6) is 0.920. The van der Waals surface area contributed by atoms with Crippen LogP contribution in [-0.2, 0) is 13.0 Å². The highest BCUT2D eigenvalue weighted by Gasteiger charge is 2.27. The van der Waals surface area contributed by atoms with Crippen molar-refractivity contribution in [3.8, 4) is 0 Å². The van der Waals surface area contributed by atoms with E-state index < -0.39 is 0 Å². The molecule has 1 fully saturated rings. The molecule has 0 radical (unpaired) electrons. The summed E-state index contributed by atoms with van der Waals surface area (Å²) in [6.45, 7) is 12.3. The van der Waals surface area contributed by atoms with Gasteiger partial charge in [0.1, 0.15) is 0 Å². The van der Waals surface area contributed by atoms with Gasteiger partial charge in [-0.3, -0.25) is 14.8 Å². The Bertz CT molecular complexity index is 595. The lowest BCUT2D eigenvalue weighted by Crippen LogP contribution is -2.55. The molecule has 3 heterocycles. The van der Waals surface area contributed by atoms with E-state index in [0.717, 1.165) is 32.1 Å². The number of piperidine rings is 1. The Kier molecular flexibility index (Phi) is 9.31. The van der Waals surface area contributed by atoms with Crippen LogP contribution in [0.4, 0.5) is 0 Å². The van der Waals surface area contributed by atoms with Crippen molar-refractivity contribution in [2.75, 3.05) is 46.3 Å². The van der Waals surface area contributed by atoms with E-state index in [1.807, 2.05) is 18.4 Å². The van der Waals surface area contributed by atoms with Crippen LogP contribution in [0.15, 0.2) is 16.4 Å². The van der Waals surface area contributed by atoms with Crippen LogP contribution in [0.3, 0.4) is 0 Å². The number of guanidine groups is 1. The topological polar surface area (TPSA) is 42.9 Å². The molecular formula is C20H36IN5S. The number of hydrogen-bond donors (Lipinski definition) is 2. The van der Waals surface area contributed by atoms with Crippen LogP contribution in [0.25, 0.3) is 0 Å². The number of halogens is 1. The van der Waals surface area contributed by atoms with Crippen molar-refractivity contribution in [2.24, 2.45) is 4.99 Å². The van der Waals surface area contributed by atoms with Gasteiger partial charge in [0.2, 0.25) is 0 Å². The number of nitrogens with one attached hydrogen (secondary N) is 2. The molecule has 0 bridgehead atoms. The summed E-state index contributed by atoms with van der Waals surface area (Å²) in [6, 6.07) is 2.28. The maximum Gasteiger partial charge on any atom is 0.191 e. The first-order chi connectivity index (χ1) is 12.6. The zero-order valence-electron chi connectivity index (χ0n) is 17.1. The average Bonchev–Trinajstić information content (AvgIpc) is 3.13. The average molecular weight is 506 g/mol. The third kappa shape index (κ3) is 6.58. The molecule has 27 heavy (non-hydrogen) atoms. The fourth-order valence-corrected chi connectivity index (χ4v) is 4.85. The van der Waals surface area contributed by atoms with Gasteiger partial charge >= 0.3 is 0 Å². The maximum atomic E-state index is 4.41. The van der Waals surface area contributed by atoms with Gasteiger partial charge in [-0.2, -0.15) is 0 Å².